The van der Waals surface area contributed by atoms with Gasteiger partial charge in [0, 0.05) is 24.6 Å². The van der Waals surface area contributed by atoms with Gasteiger partial charge in [-0.05, 0) is 20.2 Å². The first kappa shape index (κ1) is 22.4. The summed E-state index contributed by atoms with van der Waals surface area (Å²) in [5, 5.41) is -0.0339. The highest BCUT2D eigenvalue weighted by Gasteiger charge is 2.33. The SMILES string of the molecule is CC(=O)SCCOP(=O)(OC[C@@H]1O[C@H](n2ccc(N)nc2=O)CS1)N(C)C. The van der Waals surface area contributed by atoms with E-state index in [1.165, 1.54) is 40.2 Å². The number of nitrogen functional groups attached to an aromatic ring is 1. The van der Waals surface area contributed by atoms with Crippen molar-refractivity contribution in [1.82, 2.24) is 14.2 Å². The first-order valence-electron chi connectivity index (χ1n) is 8.03. The van der Waals surface area contributed by atoms with Crippen LogP contribution in [-0.4, -0.2) is 63.6 Å². The smallest absolute Gasteiger partial charge is 0.383 e. The molecule has 10 nitrogen and oxygen atoms in total. The molecular weight excluding hydrogens is 415 g/mol. The lowest BCUT2D eigenvalue weighted by molar-refractivity contribution is -0.109. The monoisotopic (exact) mass is 438 g/mol. The Kier molecular flexibility index (Phi) is 8.35. The predicted octanol–water partition coefficient (Wildman–Crippen LogP) is 1.40. The molecule has 1 aliphatic rings. The molecule has 0 spiro atoms. The van der Waals surface area contributed by atoms with E-state index in [4.69, 9.17) is 19.5 Å². The molecule has 1 saturated heterocycles. The molecule has 2 rings (SSSR count). The minimum atomic E-state index is -3.49. The first-order chi connectivity index (χ1) is 12.7. The van der Waals surface area contributed by atoms with Crippen LogP contribution in [0.15, 0.2) is 17.1 Å². The van der Waals surface area contributed by atoms with Gasteiger partial charge in [-0.15, -0.1) is 11.8 Å². The molecule has 13 heteroatoms. The second kappa shape index (κ2) is 10.1. The van der Waals surface area contributed by atoms with Crippen molar-refractivity contribution in [3.05, 3.63) is 22.7 Å². The van der Waals surface area contributed by atoms with Crippen LogP contribution in [0, 0.1) is 0 Å². The number of carbonyl (C=O) groups excluding carboxylic acids is 1. The van der Waals surface area contributed by atoms with Crippen molar-refractivity contribution in [2.75, 3.05) is 44.5 Å². The van der Waals surface area contributed by atoms with Crippen LogP contribution in [-0.2, 0) is 23.1 Å². The highest BCUT2D eigenvalue weighted by molar-refractivity contribution is 8.13. The van der Waals surface area contributed by atoms with Crippen LogP contribution in [0.5, 0.6) is 0 Å². The van der Waals surface area contributed by atoms with Crippen LogP contribution in [0.1, 0.15) is 13.2 Å². The van der Waals surface area contributed by atoms with Crippen molar-refractivity contribution < 1.29 is 23.1 Å². The summed E-state index contributed by atoms with van der Waals surface area (Å²) >= 11 is 2.53. The fourth-order valence-corrected chi connectivity index (χ4v) is 4.93. The average molecular weight is 438 g/mol. The molecule has 1 unspecified atom stereocenters. The molecule has 1 aromatic rings. The lowest BCUT2D eigenvalue weighted by Gasteiger charge is -2.24. The van der Waals surface area contributed by atoms with Gasteiger partial charge in [0.15, 0.2) is 5.12 Å². The van der Waals surface area contributed by atoms with Gasteiger partial charge in [-0.2, -0.15) is 4.98 Å². The summed E-state index contributed by atoms with van der Waals surface area (Å²) in [6.07, 6.45) is 1.02. The van der Waals surface area contributed by atoms with Crippen LogP contribution in [0.25, 0.3) is 0 Å². The topological polar surface area (TPSA) is 126 Å². The second-order valence-corrected chi connectivity index (χ2v) is 10.4. The van der Waals surface area contributed by atoms with Gasteiger partial charge in [-0.1, -0.05) is 11.8 Å². The fourth-order valence-electron chi connectivity index (χ4n) is 2.08. The van der Waals surface area contributed by atoms with Gasteiger partial charge in [0.25, 0.3) is 0 Å². The van der Waals surface area contributed by atoms with Gasteiger partial charge in [-0.25, -0.2) is 14.0 Å². The minimum absolute atomic E-state index is 0.0215. The van der Waals surface area contributed by atoms with E-state index >= 15 is 0 Å². The lowest BCUT2D eigenvalue weighted by atomic mass is 10.5. The molecule has 152 valence electrons. The third-order valence-corrected chi connectivity index (χ3v) is 7.24. The van der Waals surface area contributed by atoms with E-state index in [2.05, 4.69) is 4.98 Å². The van der Waals surface area contributed by atoms with Crippen molar-refractivity contribution in [2.24, 2.45) is 0 Å². The molecule has 0 radical (unpaired) electrons. The number of thioether (sulfide) groups is 2. The van der Waals surface area contributed by atoms with Gasteiger partial charge >= 0.3 is 13.4 Å². The van der Waals surface area contributed by atoms with Gasteiger partial charge in [0.2, 0.25) is 0 Å². The fraction of sp³-hybridized carbons (Fsp3) is 0.643. The molecule has 1 fully saturated rings. The number of nitrogens with zero attached hydrogens (tertiary/aromatic N) is 3. The zero-order valence-electron chi connectivity index (χ0n) is 15.3. The third kappa shape index (κ3) is 6.60. The minimum Gasteiger partial charge on any atom is -0.383 e. The normalized spacial score (nSPS) is 22.1. The molecule has 3 atom stereocenters. The van der Waals surface area contributed by atoms with Crippen molar-refractivity contribution in [3.63, 3.8) is 0 Å². The molecule has 0 aliphatic carbocycles. The summed E-state index contributed by atoms with van der Waals surface area (Å²) in [6.45, 7) is 1.60. The number of nitrogens with two attached hydrogens (primary N) is 1. The van der Waals surface area contributed by atoms with Crippen molar-refractivity contribution in [3.8, 4) is 0 Å². The van der Waals surface area contributed by atoms with Crippen LogP contribution in [0.3, 0.4) is 0 Å². The Balaban J connectivity index is 1.87. The maximum atomic E-state index is 12.8. The Morgan fingerprint density at radius 3 is 2.93 bits per heavy atom. The zero-order valence-corrected chi connectivity index (χ0v) is 17.8. The maximum Gasteiger partial charge on any atom is 0.407 e. The summed E-state index contributed by atoms with van der Waals surface area (Å²) in [5.41, 5.74) is 4.58. The Morgan fingerprint density at radius 2 is 2.30 bits per heavy atom. The van der Waals surface area contributed by atoms with E-state index in [1.807, 2.05) is 0 Å². The molecule has 0 saturated carbocycles. The van der Waals surface area contributed by atoms with E-state index in [9.17, 15) is 14.2 Å². The quantitative estimate of drug-likeness (QED) is 0.444. The largest absolute Gasteiger partial charge is 0.407 e. The van der Waals surface area contributed by atoms with E-state index in [0.29, 0.717) is 11.5 Å². The number of hydrogen-bond donors (Lipinski definition) is 1. The number of hydrogen-bond acceptors (Lipinski definition) is 10. The van der Waals surface area contributed by atoms with E-state index in [0.717, 1.165) is 11.8 Å². The van der Waals surface area contributed by atoms with Crippen molar-refractivity contribution in [2.45, 2.75) is 18.6 Å². The molecule has 2 heterocycles. The molecule has 0 bridgehead atoms. The van der Waals surface area contributed by atoms with E-state index < -0.39 is 25.1 Å². The standard InChI is InChI=1S/C14H23N4O6PS2/c1-10(19)26-7-6-22-25(21,17(2)3)23-8-13-24-12(9-27-13)18-5-4-11(15)16-14(18)20/h4-5,12-13H,6-9H2,1-3H3,(H2,15,16,20)/t12-,13+,25?/m0/s1. The number of aromatic nitrogens is 2. The summed E-state index contributed by atoms with van der Waals surface area (Å²) in [4.78, 5) is 26.5. The Labute approximate surface area is 165 Å². The lowest BCUT2D eigenvalue weighted by Crippen LogP contribution is -2.29. The molecule has 27 heavy (non-hydrogen) atoms. The number of rotatable bonds is 9. The van der Waals surface area contributed by atoms with E-state index in [-0.39, 0.29) is 24.1 Å². The van der Waals surface area contributed by atoms with Crippen molar-refractivity contribution in [1.29, 1.82) is 0 Å². The maximum absolute atomic E-state index is 12.8. The number of carbonyl (C=O) groups is 1. The van der Waals surface area contributed by atoms with Crippen LogP contribution in [0.4, 0.5) is 5.82 Å². The second-order valence-electron chi connectivity index (χ2n) is 5.68. The summed E-state index contributed by atoms with van der Waals surface area (Å²) in [5.74, 6) is 1.05. The zero-order chi connectivity index (χ0) is 20.0. The van der Waals surface area contributed by atoms with Crippen LogP contribution < -0.4 is 11.4 Å². The van der Waals surface area contributed by atoms with Gasteiger partial charge in [-0.3, -0.25) is 18.4 Å². The van der Waals surface area contributed by atoms with E-state index in [1.54, 1.807) is 14.1 Å². The molecule has 2 N–H and O–H groups in total. The molecule has 0 aromatic carbocycles. The first-order valence-corrected chi connectivity index (χ1v) is 11.6. The predicted molar refractivity (Wildman–Crippen MR) is 106 cm³/mol. The average Bonchev–Trinajstić information content (AvgIpc) is 3.05. The number of anilines is 1. The summed E-state index contributed by atoms with van der Waals surface area (Å²) < 4.78 is 32.2. The Morgan fingerprint density at radius 1 is 1.56 bits per heavy atom. The van der Waals surface area contributed by atoms with Gasteiger partial charge in [0.1, 0.15) is 17.5 Å². The summed E-state index contributed by atoms with van der Waals surface area (Å²) in [7, 11) is -0.319. The third-order valence-electron chi connectivity index (χ3n) is 3.40. The number of ether oxygens (including phenoxy) is 1. The Hall–Kier alpha value is -0.880. The van der Waals surface area contributed by atoms with Crippen molar-refractivity contribution >= 4 is 42.2 Å². The van der Waals surface area contributed by atoms with Gasteiger partial charge in [0.05, 0.1) is 13.2 Å². The highest BCUT2D eigenvalue weighted by atomic mass is 32.2. The molecule has 1 aromatic heterocycles. The summed E-state index contributed by atoms with van der Waals surface area (Å²) in [6, 6.07) is 1.52. The van der Waals surface area contributed by atoms with Crippen LogP contribution in [0.2, 0.25) is 0 Å². The van der Waals surface area contributed by atoms with Gasteiger partial charge < -0.3 is 10.5 Å². The molecular formula is C14H23N4O6PS2. The van der Waals surface area contributed by atoms with Crippen LogP contribution >= 0.6 is 31.3 Å². The highest BCUT2D eigenvalue weighted by Crippen LogP contribution is 2.51. The molecule has 0 amide bonds. The Bertz CT molecular complexity index is 761. The molecule has 1 aliphatic heterocycles.